The number of aromatic nitrogens is 2. The van der Waals surface area contributed by atoms with Gasteiger partial charge in [-0.1, -0.05) is 6.92 Å². The fourth-order valence-electron chi connectivity index (χ4n) is 2.55. The zero-order valence-electron chi connectivity index (χ0n) is 11.1. The lowest BCUT2D eigenvalue weighted by atomic mass is 10.1. The van der Waals surface area contributed by atoms with Crippen LogP contribution in [0.5, 0.6) is 0 Å². The molecule has 3 rings (SSSR count). The Morgan fingerprint density at radius 1 is 1.60 bits per heavy atom. The first-order valence-electron chi connectivity index (χ1n) is 6.50. The number of anilines is 1. The lowest BCUT2D eigenvalue weighted by Gasteiger charge is -2.20. The number of nitrogens with zero attached hydrogens (tertiary/aromatic N) is 2. The van der Waals surface area contributed by atoms with Crippen LogP contribution < -0.4 is 16.4 Å². The summed E-state index contributed by atoms with van der Waals surface area (Å²) in [5.41, 5.74) is 7.47. The van der Waals surface area contributed by atoms with E-state index in [0.29, 0.717) is 11.5 Å². The van der Waals surface area contributed by atoms with E-state index in [9.17, 15) is 4.79 Å². The Bertz CT molecular complexity index is 668. The molecule has 1 saturated heterocycles. The molecule has 0 aliphatic carbocycles. The molecule has 0 unspecified atom stereocenters. The van der Waals surface area contributed by atoms with Gasteiger partial charge in [-0.05, 0) is 34.5 Å². The summed E-state index contributed by atoms with van der Waals surface area (Å²) < 4.78 is 2.64. The van der Waals surface area contributed by atoms with Crippen molar-refractivity contribution >= 4 is 33.0 Å². The minimum absolute atomic E-state index is 0.271. The van der Waals surface area contributed by atoms with Gasteiger partial charge in [0.15, 0.2) is 0 Å². The van der Waals surface area contributed by atoms with Crippen molar-refractivity contribution in [3.05, 3.63) is 28.5 Å². The van der Waals surface area contributed by atoms with Crippen LogP contribution in [0.15, 0.2) is 22.9 Å². The molecule has 4 N–H and O–H groups in total. The van der Waals surface area contributed by atoms with Crippen molar-refractivity contribution in [3.8, 4) is 0 Å². The third kappa shape index (κ3) is 2.27. The maximum Gasteiger partial charge on any atom is 0.252 e. The summed E-state index contributed by atoms with van der Waals surface area (Å²) in [6.07, 6.45) is 3.36. The van der Waals surface area contributed by atoms with Gasteiger partial charge < -0.3 is 16.4 Å². The number of hydrogen-bond acceptors (Lipinski definition) is 4. The maximum atomic E-state index is 11.6. The highest BCUT2D eigenvalue weighted by molar-refractivity contribution is 9.10. The molecule has 2 atom stereocenters. The molecule has 7 heteroatoms. The quantitative estimate of drug-likeness (QED) is 0.786. The van der Waals surface area contributed by atoms with Crippen molar-refractivity contribution in [2.24, 2.45) is 11.7 Å². The molecule has 1 aliphatic heterocycles. The lowest BCUT2D eigenvalue weighted by molar-refractivity contribution is 0.100. The second-order valence-corrected chi connectivity index (χ2v) is 6.09. The monoisotopic (exact) mass is 337 g/mol. The van der Waals surface area contributed by atoms with E-state index in [1.807, 2.05) is 12.3 Å². The number of amides is 1. The zero-order valence-corrected chi connectivity index (χ0v) is 12.6. The molecule has 0 spiro atoms. The van der Waals surface area contributed by atoms with E-state index in [2.05, 4.69) is 38.6 Å². The van der Waals surface area contributed by atoms with E-state index in [4.69, 9.17) is 5.73 Å². The normalized spacial score (nSPS) is 22.3. The number of fused-ring (bicyclic) bond motifs is 1. The van der Waals surface area contributed by atoms with Gasteiger partial charge in [0.1, 0.15) is 0 Å². The molecule has 0 saturated carbocycles. The summed E-state index contributed by atoms with van der Waals surface area (Å²) in [6.45, 7) is 4.01. The van der Waals surface area contributed by atoms with Crippen molar-refractivity contribution in [1.29, 1.82) is 0 Å². The second-order valence-electron chi connectivity index (χ2n) is 5.17. The molecule has 20 heavy (non-hydrogen) atoms. The minimum Gasteiger partial charge on any atom is -0.378 e. The van der Waals surface area contributed by atoms with Gasteiger partial charge in [-0.25, -0.2) is 4.52 Å². The smallest absolute Gasteiger partial charge is 0.252 e. The third-order valence-corrected chi connectivity index (χ3v) is 4.15. The summed E-state index contributed by atoms with van der Waals surface area (Å²) in [7, 11) is 0. The van der Waals surface area contributed by atoms with E-state index in [1.54, 1.807) is 4.52 Å². The number of carbonyl (C=O) groups excluding carboxylic acids is 1. The first kappa shape index (κ1) is 13.4. The van der Waals surface area contributed by atoms with Crippen LogP contribution in [0.2, 0.25) is 0 Å². The minimum atomic E-state index is -0.474. The van der Waals surface area contributed by atoms with Crippen molar-refractivity contribution < 1.29 is 4.79 Å². The fraction of sp³-hybridized carbons (Fsp3) is 0.385. The van der Waals surface area contributed by atoms with Crippen LogP contribution in [0.1, 0.15) is 17.3 Å². The van der Waals surface area contributed by atoms with Crippen LogP contribution in [0.4, 0.5) is 5.69 Å². The Morgan fingerprint density at radius 3 is 3.05 bits per heavy atom. The number of primary amides is 1. The molecule has 3 heterocycles. The van der Waals surface area contributed by atoms with E-state index in [0.717, 1.165) is 28.8 Å². The maximum absolute atomic E-state index is 11.6. The molecule has 1 fully saturated rings. The predicted octanol–water partition coefficient (Wildman–Crippen LogP) is 1.22. The summed E-state index contributed by atoms with van der Waals surface area (Å²) >= 11 is 3.43. The Balaban J connectivity index is 2.09. The van der Waals surface area contributed by atoms with Crippen LogP contribution in [0.25, 0.3) is 5.52 Å². The molecule has 0 bridgehead atoms. The van der Waals surface area contributed by atoms with Crippen molar-refractivity contribution in [3.63, 3.8) is 0 Å². The van der Waals surface area contributed by atoms with Crippen LogP contribution in [0, 0.1) is 5.92 Å². The number of halogens is 1. The Kier molecular flexibility index (Phi) is 3.39. The molecule has 0 aromatic carbocycles. The van der Waals surface area contributed by atoms with Crippen LogP contribution >= 0.6 is 15.9 Å². The Hall–Kier alpha value is -1.60. The van der Waals surface area contributed by atoms with Gasteiger partial charge in [-0.15, -0.1) is 0 Å². The van der Waals surface area contributed by atoms with Gasteiger partial charge in [0.25, 0.3) is 5.91 Å². The average molecular weight is 338 g/mol. The molecular formula is C13H16BrN5O. The van der Waals surface area contributed by atoms with Gasteiger partial charge in [-0.3, -0.25) is 4.79 Å². The van der Waals surface area contributed by atoms with Gasteiger partial charge in [0, 0.05) is 23.3 Å². The van der Waals surface area contributed by atoms with E-state index in [1.165, 1.54) is 6.20 Å². The Morgan fingerprint density at radius 2 is 2.40 bits per heavy atom. The Labute approximate surface area is 124 Å². The summed E-state index contributed by atoms with van der Waals surface area (Å²) in [5, 5.41) is 11.0. The molecule has 2 aromatic heterocycles. The van der Waals surface area contributed by atoms with Crippen molar-refractivity contribution in [1.82, 2.24) is 14.9 Å². The average Bonchev–Trinajstić information content (AvgIpc) is 2.95. The van der Waals surface area contributed by atoms with E-state index >= 15 is 0 Å². The summed E-state index contributed by atoms with van der Waals surface area (Å²) in [5.74, 6) is 0.0146. The van der Waals surface area contributed by atoms with Gasteiger partial charge in [-0.2, -0.15) is 5.10 Å². The molecule has 106 valence electrons. The molecule has 1 aliphatic rings. The molecule has 1 amide bonds. The van der Waals surface area contributed by atoms with Gasteiger partial charge in [0.2, 0.25) is 0 Å². The largest absolute Gasteiger partial charge is 0.378 e. The van der Waals surface area contributed by atoms with Crippen LogP contribution in [-0.4, -0.2) is 34.7 Å². The summed E-state index contributed by atoms with van der Waals surface area (Å²) in [6, 6.07) is 2.20. The number of carbonyl (C=O) groups is 1. The number of rotatable bonds is 3. The van der Waals surface area contributed by atoms with E-state index < -0.39 is 5.91 Å². The fourth-order valence-corrected chi connectivity index (χ4v) is 2.96. The first-order valence-corrected chi connectivity index (χ1v) is 7.29. The number of hydrogen-bond donors (Lipinski definition) is 3. The lowest BCUT2D eigenvalue weighted by Crippen LogP contribution is -2.29. The highest BCUT2D eigenvalue weighted by Gasteiger charge is 2.25. The predicted molar refractivity (Wildman–Crippen MR) is 80.9 cm³/mol. The topological polar surface area (TPSA) is 84.5 Å². The molecular weight excluding hydrogens is 322 g/mol. The van der Waals surface area contributed by atoms with Crippen molar-refractivity contribution in [2.45, 2.75) is 13.0 Å². The van der Waals surface area contributed by atoms with Gasteiger partial charge >= 0.3 is 0 Å². The molecule has 0 radical (unpaired) electrons. The highest BCUT2D eigenvalue weighted by Crippen LogP contribution is 2.27. The zero-order chi connectivity index (χ0) is 14.3. The number of nitrogens with one attached hydrogen (secondary N) is 2. The highest BCUT2D eigenvalue weighted by atomic mass is 79.9. The molecule has 6 nitrogen and oxygen atoms in total. The third-order valence-electron chi connectivity index (χ3n) is 3.72. The van der Waals surface area contributed by atoms with E-state index in [-0.39, 0.29) is 6.04 Å². The summed E-state index contributed by atoms with van der Waals surface area (Å²) in [4.78, 5) is 11.6. The van der Waals surface area contributed by atoms with Crippen LogP contribution in [-0.2, 0) is 0 Å². The van der Waals surface area contributed by atoms with Gasteiger partial charge in [0.05, 0.1) is 23.0 Å². The molecule has 2 aromatic rings. The first-order chi connectivity index (χ1) is 9.56. The number of nitrogens with two attached hydrogens (primary N) is 1. The SMILES string of the molecule is C[C@@H]1CNC[C@H]1Nc1c(C(N)=O)cnn2cc(Br)cc12. The standard InChI is InChI=1S/C13H16BrN5O/c1-7-3-16-5-10(7)18-12-9(13(15)20)4-17-19-6-8(14)2-11(12)19/h2,4,6-7,10,16,18H,3,5H2,1H3,(H2,15,20)/t7-,10-/m1/s1. The van der Waals surface area contributed by atoms with Crippen LogP contribution in [0.3, 0.4) is 0 Å². The second kappa shape index (κ2) is 5.06. The van der Waals surface area contributed by atoms with Crippen molar-refractivity contribution in [2.75, 3.05) is 18.4 Å².